The number of hydrogen-bond donors (Lipinski definition) is 0. The van der Waals surface area contributed by atoms with Gasteiger partial charge in [0.15, 0.2) is 5.82 Å². The number of nitrogens with zero attached hydrogens (tertiary/aromatic N) is 3. The van der Waals surface area contributed by atoms with Crippen LogP contribution in [0.2, 0.25) is 5.02 Å². The molecule has 2 aromatic carbocycles. The molecule has 10 heteroatoms. The number of rotatable bonds is 4. The molecule has 1 aromatic heterocycles. The molecule has 30 heavy (non-hydrogen) atoms. The minimum Gasteiger partial charge on any atom is -0.342 e. The minimum absolute atomic E-state index is 0.00816. The minimum atomic E-state index is -4.14. The van der Waals surface area contributed by atoms with Gasteiger partial charge in [-0.2, -0.15) is 12.5 Å². The van der Waals surface area contributed by atoms with Crippen molar-refractivity contribution in [3.63, 3.8) is 0 Å². The molecule has 0 saturated carbocycles. The average molecular weight is 458 g/mol. The van der Waals surface area contributed by atoms with Crippen LogP contribution in [0.15, 0.2) is 47.4 Å². The number of aromatic nitrogens is 2. The monoisotopic (exact) mass is 457 g/mol. The van der Waals surface area contributed by atoms with E-state index in [2.05, 4.69) is 5.10 Å². The van der Waals surface area contributed by atoms with Crippen molar-refractivity contribution in [2.45, 2.75) is 43.3 Å². The van der Waals surface area contributed by atoms with E-state index in [4.69, 9.17) is 11.6 Å². The summed E-state index contributed by atoms with van der Waals surface area (Å²) in [5, 5.41) is 4.51. The first-order chi connectivity index (χ1) is 14.0. The number of benzene rings is 2. The van der Waals surface area contributed by atoms with Crippen LogP contribution in [0, 0.1) is 6.92 Å². The van der Waals surface area contributed by atoms with Crippen molar-refractivity contribution in [1.82, 2.24) is 9.19 Å². The van der Waals surface area contributed by atoms with Crippen molar-refractivity contribution >= 4 is 38.3 Å². The van der Waals surface area contributed by atoms with E-state index in [9.17, 15) is 21.6 Å². The highest BCUT2D eigenvalue weighted by molar-refractivity contribution is 7.90. The van der Waals surface area contributed by atoms with Gasteiger partial charge < -0.3 is 4.90 Å². The molecule has 4 rings (SSSR count). The highest BCUT2D eigenvalue weighted by Crippen LogP contribution is 2.42. The van der Waals surface area contributed by atoms with Gasteiger partial charge in [0.2, 0.25) is 0 Å². The maximum atomic E-state index is 14.2. The molecule has 1 aliphatic heterocycles. The molecule has 2 atom stereocenters. The quantitative estimate of drug-likeness (QED) is 0.564. The van der Waals surface area contributed by atoms with Gasteiger partial charge >= 0.3 is 0 Å². The normalized spacial score (nSPS) is 20.1. The molecule has 0 bridgehead atoms. The predicted molar refractivity (Wildman–Crippen MR) is 110 cm³/mol. The van der Waals surface area contributed by atoms with Crippen LogP contribution in [-0.2, 0) is 10.0 Å². The summed E-state index contributed by atoms with van der Waals surface area (Å²) in [5.41, 5.74) is 1.01. The third kappa shape index (κ3) is 3.43. The Bertz CT molecular complexity index is 1210. The van der Waals surface area contributed by atoms with E-state index < -0.39 is 41.1 Å². The van der Waals surface area contributed by atoms with Gasteiger partial charge in [-0.15, -0.1) is 5.10 Å². The van der Waals surface area contributed by atoms with E-state index in [1.54, 1.807) is 18.2 Å². The Morgan fingerprint density at radius 2 is 1.87 bits per heavy atom. The lowest BCUT2D eigenvalue weighted by atomic mass is 10.1. The van der Waals surface area contributed by atoms with Gasteiger partial charge in [0.05, 0.1) is 33.4 Å². The molecule has 0 N–H and O–H groups in total. The second-order valence-corrected chi connectivity index (χ2v) is 9.73. The molecule has 1 aliphatic rings. The molecule has 1 unspecified atom stereocenters. The molecule has 3 aromatic rings. The van der Waals surface area contributed by atoms with Crippen LogP contribution >= 0.6 is 11.6 Å². The molecule has 5 nitrogen and oxygen atoms in total. The second-order valence-electron chi connectivity index (χ2n) is 7.55. The number of anilines is 1. The first-order valence-electron chi connectivity index (χ1n) is 9.29. The largest absolute Gasteiger partial charge is 0.342 e. The highest BCUT2D eigenvalue weighted by atomic mass is 35.5. The van der Waals surface area contributed by atoms with Gasteiger partial charge in [-0.3, -0.25) is 0 Å². The van der Waals surface area contributed by atoms with Crippen molar-refractivity contribution in [3.05, 3.63) is 53.1 Å². The number of fused-ring (bicyclic) bond motifs is 1. The van der Waals surface area contributed by atoms with Crippen LogP contribution in [0.3, 0.4) is 0 Å². The summed E-state index contributed by atoms with van der Waals surface area (Å²) in [5.74, 6) is -3.20. The third-order valence-corrected chi connectivity index (χ3v) is 7.18. The fourth-order valence-corrected chi connectivity index (χ4v) is 5.30. The summed E-state index contributed by atoms with van der Waals surface area (Å²) in [6.45, 7) is 2.25. The first-order valence-corrected chi connectivity index (χ1v) is 11.1. The van der Waals surface area contributed by atoms with Gasteiger partial charge in [0.1, 0.15) is 6.17 Å². The van der Waals surface area contributed by atoms with Crippen LogP contribution in [0.1, 0.15) is 18.9 Å². The summed E-state index contributed by atoms with van der Waals surface area (Å²) >= 11 is 6.31. The zero-order valence-electron chi connectivity index (χ0n) is 16.2. The Morgan fingerprint density at radius 3 is 2.50 bits per heavy atom. The van der Waals surface area contributed by atoms with E-state index >= 15 is 0 Å². The van der Waals surface area contributed by atoms with Crippen LogP contribution in [0.4, 0.5) is 19.0 Å². The van der Waals surface area contributed by atoms with E-state index in [0.29, 0.717) is 0 Å². The van der Waals surface area contributed by atoms with Crippen molar-refractivity contribution in [2.75, 3.05) is 11.4 Å². The molecule has 0 aliphatic carbocycles. The molecule has 0 spiro atoms. The van der Waals surface area contributed by atoms with Crippen LogP contribution in [-0.4, -0.2) is 42.3 Å². The maximum absolute atomic E-state index is 14.2. The standard InChI is InChI=1S/C20H19ClF3N3O2S/c1-12-6-8-14(9-7-12)30(28,29)27-16-5-3-4-15(21)18(16)19(25-27)26-11-20(23,24)10-17(26)13(2)22/h3-9,13,17H,10-11H2,1-2H3/t13?,17-/m0/s1. The molecular formula is C20H19ClF3N3O2S. The topological polar surface area (TPSA) is 55.2 Å². The Morgan fingerprint density at radius 1 is 1.20 bits per heavy atom. The van der Waals surface area contributed by atoms with Gasteiger partial charge in [-0.1, -0.05) is 35.4 Å². The Kier molecular flexibility index (Phi) is 5.01. The van der Waals surface area contributed by atoms with Gasteiger partial charge in [0, 0.05) is 6.42 Å². The lowest BCUT2D eigenvalue weighted by Crippen LogP contribution is -2.36. The van der Waals surface area contributed by atoms with Crippen molar-refractivity contribution in [3.8, 4) is 0 Å². The molecule has 1 saturated heterocycles. The lowest BCUT2D eigenvalue weighted by Gasteiger charge is -2.25. The van der Waals surface area contributed by atoms with Crippen molar-refractivity contribution in [1.29, 1.82) is 0 Å². The number of hydrogen-bond acceptors (Lipinski definition) is 4. The molecule has 1 fully saturated rings. The summed E-state index contributed by atoms with van der Waals surface area (Å²) in [6, 6.07) is 9.58. The van der Waals surface area contributed by atoms with Crippen molar-refractivity contribution < 1.29 is 21.6 Å². The third-order valence-electron chi connectivity index (χ3n) is 5.27. The molecule has 2 heterocycles. The highest BCUT2D eigenvalue weighted by Gasteiger charge is 2.49. The SMILES string of the molecule is Cc1ccc(S(=O)(=O)n2nc(N3CC(F)(F)C[C@H]3C(C)F)c3c(Cl)cccc32)cc1. The number of aryl methyl sites for hydroxylation is 1. The van der Waals surface area contributed by atoms with E-state index in [-0.39, 0.29) is 26.6 Å². The fraction of sp³-hybridized carbons (Fsp3) is 0.350. The summed E-state index contributed by atoms with van der Waals surface area (Å²) in [7, 11) is -4.14. The Balaban J connectivity index is 1.95. The smallest absolute Gasteiger partial charge is 0.283 e. The van der Waals surface area contributed by atoms with Crippen molar-refractivity contribution in [2.24, 2.45) is 0 Å². The van der Waals surface area contributed by atoms with Gasteiger partial charge in [0.25, 0.3) is 15.9 Å². The molecule has 0 amide bonds. The van der Waals surface area contributed by atoms with E-state index in [0.717, 1.165) is 14.6 Å². The van der Waals surface area contributed by atoms with Crippen LogP contribution in [0.5, 0.6) is 0 Å². The lowest BCUT2D eigenvalue weighted by molar-refractivity contribution is 0.0195. The zero-order chi connectivity index (χ0) is 21.8. The Hall–Kier alpha value is -2.26. The van der Waals surface area contributed by atoms with Crippen LogP contribution < -0.4 is 4.90 Å². The van der Waals surface area contributed by atoms with E-state index in [1.807, 2.05) is 6.92 Å². The second kappa shape index (κ2) is 7.16. The summed E-state index contributed by atoms with van der Waals surface area (Å²) in [4.78, 5) is 1.12. The van der Waals surface area contributed by atoms with Gasteiger partial charge in [-0.05, 0) is 38.1 Å². The molecular weight excluding hydrogens is 439 g/mol. The van der Waals surface area contributed by atoms with E-state index in [1.165, 1.54) is 31.2 Å². The number of alkyl halides is 3. The van der Waals surface area contributed by atoms with Crippen LogP contribution in [0.25, 0.3) is 10.9 Å². The average Bonchev–Trinajstić information content (AvgIpc) is 3.21. The van der Waals surface area contributed by atoms with Gasteiger partial charge in [-0.25, -0.2) is 13.2 Å². The summed E-state index contributed by atoms with van der Waals surface area (Å²) in [6.07, 6.45) is -2.26. The number of halogens is 4. The first kappa shape index (κ1) is 21.0. The fourth-order valence-electron chi connectivity index (χ4n) is 3.77. The zero-order valence-corrected chi connectivity index (χ0v) is 17.8. The maximum Gasteiger partial charge on any atom is 0.283 e. The summed E-state index contributed by atoms with van der Waals surface area (Å²) < 4.78 is 69.7. The Labute approximate surface area is 177 Å². The molecule has 160 valence electrons. The predicted octanol–water partition coefficient (Wildman–Crippen LogP) is 4.81. The molecule has 0 radical (unpaired) electrons.